The van der Waals surface area contributed by atoms with E-state index in [1.54, 1.807) is 0 Å². The Labute approximate surface area is 73.2 Å². The number of amidine groups is 1. The molecular weight excluding hydrogens is 152 g/mol. The molecule has 2 heterocycles. The first-order valence-electron chi connectivity index (χ1n) is 4.58. The Morgan fingerprint density at radius 3 is 3.17 bits per heavy atom. The molecule has 0 saturated carbocycles. The third-order valence-electron chi connectivity index (χ3n) is 2.57. The number of nitrogens with one attached hydrogen (secondary N) is 1. The van der Waals surface area contributed by atoms with Gasteiger partial charge in [0.15, 0.2) is 0 Å². The highest BCUT2D eigenvalue weighted by Gasteiger charge is 2.29. The van der Waals surface area contributed by atoms with E-state index in [0.717, 1.165) is 26.1 Å². The van der Waals surface area contributed by atoms with E-state index in [1.165, 1.54) is 5.84 Å². The molecule has 0 amide bonds. The number of piperazine rings is 1. The van der Waals surface area contributed by atoms with Crippen molar-refractivity contribution in [1.29, 1.82) is 0 Å². The zero-order valence-electron chi connectivity index (χ0n) is 7.75. The van der Waals surface area contributed by atoms with Crippen LogP contribution in [0.3, 0.4) is 0 Å². The SMILES string of the molecule is CCC1NN=C2CN(C)CCN21. The van der Waals surface area contributed by atoms with Gasteiger partial charge in [-0.05, 0) is 13.5 Å². The van der Waals surface area contributed by atoms with E-state index in [4.69, 9.17) is 0 Å². The number of fused-ring (bicyclic) bond motifs is 1. The number of rotatable bonds is 1. The summed E-state index contributed by atoms with van der Waals surface area (Å²) in [7, 11) is 2.14. The average molecular weight is 168 g/mol. The van der Waals surface area contributed by atoms with Crippen LogP contribution in [0.2, 0.25) is 0 Å². The number of hydrogen-bond acceptors (Lipinski definition) is 4. The van der Waals surface area contributed by atoms with Crippen LogP contribution in [0.25, 0.3) is 0 Å². The van der Waals surface area contributed by atoms with Crippen LogP contribution in [-0.4, -0.2) is 48.5 Å². The summed E-state index contributed by atoms with van der Waals surface area (Å²) in [6.45, 7) is 5.44. The molecule has 68 valence electrons. The van der Waals surface area contributed by atoms with Gasteiger partial charge in [-0.3, -0.25) is 10.3 Å². The van der Waals surface area contributed by atoms with Crippen molar-refractivity contribution >= 4 is 5.84 Å². The quantitative estimate of drug-likeness (QED) is 0.592. The summed E-state index contributed by atoms with van der Waals surface area (Å²) in [6.07, 6.45) is 1.57. The van der Waals surface area contributed by atoms with E-state index in [2.05, 4.69) is 34.3 Å². The smallest absolute Gasteiger partial charge is 0.140 e. The highest BCUT2D eigenvalue weighted by atomic mass is 15.5. The summed E-state index contributed by atoms with van der Waals surface area (Å²) in [6, 6.07) is 0. The molecule has 1 fully saturated rings. The Balaban J connectivity index is 2.05. The van der Waals surface area contributed by atoms with E-state index in [0.29, 0.717) is 6.17 Å². The molecule has 0 spiro atoms. The normalized spacial score (nSPS) is 29.7. The molecule has 1 unspecified atom stereocenters. The number of hydrogen-bond donors (Lipinski definition) is 1. The summed E-state index contributed by atoms with van der Waals surface area (Å²) in [4.78, 5) is 4.68. The first-order chi connectivity index (χ1) is 5.81. The van der Waals surface area contributed by atoms with Crippen LogP contribution in [0.5, 0.6) is 0 Å². The van der Waals surface area contributed by atoms with Gasteiger partial charge in [0.2, 0.25) is 0 Å². The van der Waals surface area contributed by atoms with E-state index >= 15 is 0 Å². The molecule has 0 radical (unpaired) electrons. The molecule has 0 bridgehead atoms. The summed E-state index contributed by atoms with van der Waals surface area (Å²) in [5, 5.41) is 4.31. The third kappa shape index (κ3) is 1.16. The predicted molar refractivity (Wildman–Crippen MR) is 48.9 cm³/mol. The lowest BCUT2D eigenvalue weighted by Gasteiger charge is -2.34. The third-order valence-corrected chi connectivity index (χ3v) is 2.57. The van der Waals surface area contributed by atoms with Crippen molar-refractivity contribution in [3.8, 4) is 0 Å². The topological polar surface area (TPSA) is 30.9 Å². The lowest BCUT2D eigenvalue weighted by atomic mass is 10.2. The van der Waals surface area contributed by atoms with Crippen LogP contribution < -0.4 is 5.43 Å². The molecule has 0 aromatic rings. The van der Waals surface area contributed by atoms with Gasteiger partial charge >= 0.3 is 0 Å². The molecule has 0 aliphatic carbocycles. The van der Waals surface area contributed by atoms with Crippen molar-refractivity contribution in [2.24, 2.45) is 5.10 Å². The molecule has 2 aliphatic rings. The van der Waals surface area contributed by atoms with Gasteiger partial charge in [0, 0.05) is 13.1 Å². The van der Waals surface area contributed by atoms with Gasteiger partial charge in [0.05, 0.1) is 6.54 Å². The summed E-state index contributed by atoms with van der Waals surface area (Å²) in [5.41, 5.74) is 3.16. The van der Waals surface area contributed by atoms with Crippen LogP contribution in [0.15, 0.2) is 5.10 Å². The van der Waals surface area contributed by atoms with Crippen LogP contribution in [-0.2, 0) is 0 Å². The average Bonchev–Trinajstić information content (AvgIpc) is 2.46. The first-order valence-corrected chi connectivity index (χ1v) is 4.58. The molecule has 4 nitrogen and oxygen atoms in total. The molecule has 2 rings (SSSR count). The Hall–Kier alpha value is -0.770. The Bertz CT molecular complexity index is 201. The number of nitrogens with zero attached hydrogens (tertiary/aromatic N) is 3. The second-order valence-corrected chi connectivity index (χ2v) is 3.51. The lowest BCUT2D eigenvalue weighted by Crippen LogP contribution is -2.51. The summed E-state index contributed by atoms with van der Waals surface area (Å²) < 4.78 is 0. The fraction of sp³-hybridized carbons (Fsp3) is 0.875. The Morgan fingerprint density at radius 1 is 1.58 bits per heavy atom. The van der Waals surface area contributed by atoms with Gasteiger partial charge in [-0.15, -0.1) is 0 Å². The molecule has 1 N–H and O–H groups in total. The molecule has 2 aliphatic heterocycles. The second kappa shape index (κ2) is 2.94. The molecule has 1 saturated heterocycles. The summed E-state index contributed by atoms with van der Waals surface area (Å²) >= 11 is 0. The zero-order chi connectivity index (χ0) is 8.55. The highest BCUT2D eigenvalue weighted by molar-refractivity contribution is 5.86. The van der Waals surface area contributed by atoms with E-state index in [1.807, 2.05) is 0 Å². The molecule has 0 aromatic heterocycles. The Morgan fingerprint density at radius 2 is 2.42 bits per heavy atom. The van der Waals surface area contributed by atoms with E-state index in [-0.39, 0.29) is 0 Å². The van der Waals surface area contributed by atoms with Gasteiger partial charge in [-0.1, -0.05) is 6.92 Å². The van der Waals surface area contributed by atoms with Crippen LogP contribution in [0.4, 0.5) is 0 Å². The monoisotopic (exact) mass is 168 g/mol. The summed E-state index contributed by atoms with van der Waals surface area (Å²) in [5.74, 6) is 1.20. The Kier molecular flexibility index (Phi) is 1.92. The van der Waals surface area contributed by atoms with Crippen molar-refractivity contribution in [2.45, 2.75) is 19.5 Å². The minimum Gasteiger partial charge on any atom is -0.335 e. The maximum absolute atomic E-state index is 4.31. The number of hydrazone groups is 1. The minimum absolute atomic E-state index is 0.452. The van der Waals surface area contributed by atoms with E-state index < -0.39 is 0 Å². The maximum Gasteiger partial charge on any atom is 0.140 e. The first kappa shape index (κ1) is 7.86. The van der Waals surface area contributed by atoms with Crippen LogP contribution in [0, 0.1) is 0 Å². The van der Waals surface area contributed by atoms with Gasteiger partial charge in [-0.25, -0.2) is 0 Å². The minimum atomic E-state index is 0.452. The van der Waals surface area contributed by atoms with Crippen molar-refractivity contribution in [2.75, 3.05) is 26.7 Å². The second-order valence-electron chi connectivity index (χ2n) is 3.51. The molecule has 4 heteroatoms. The van der Waals surface area contributed by atoms with Gasteiger partial charge in [0.1, 0.15) is 12.0 Å². The fourth-order valence-electron chi connectivity index (χ4n) is 1.78. The molecular formula is C8H16N4. The molecule has 0 aromatic carbocycles. The van der Waals surface area contributed by atoms with Crippen molar-refractivity contribution in [1.82, 2.24) is 15.2 Å². The molecule has 1 atom stereocenters. The number of likely N-dealkylation sites (N-methyl/N-ethyl adjacent to an activating group) is 1. The van der Waals surface area contributed by atoms with Crippen molar-refractivity contribution in [3.63, 3.8) is 0 Å². The standard InChI is InChI=1S/C8H16N4/c1-3-7-9-10-8-6-11(2)4-5-12(7)8/h7,9H,3-6H2,1-2H3. The fourth-order valence-corrected chi connectivity index (χ4v) is 1.78. The van der Waals surface area contributed by atoms with Gasteiger partial charge < -0.3 is 4.90 Å². The maximum atomic E-state index is 4.31. The van der Waals surface area contributed by atoms with Gasteiger partial charge in [0.25, 0.3) is 0 Å². The van der Waals surface area contributed by atoms with E-state index in [9.17, 15) is 0 Å². The van der Waals surface area contributed by atoms with Gasteiger partial charge in [-0.2, -0.15) is 5.10 Å². The van der Waals surface area contributed by atoms with Crippen LogP contribution >= 0.6 is 0 Å². The van der Waals surface area contributed by atoms with Crippen molar-refractivity contribution in [3.05, 3.63) is 0 Å². The van der Waals surface area contributed by atoms with Crippen molar-refractivity contribution < 1.29 is 0 Å². The predicted octanol–water partition coefficient (Wildman–Crippen LogP) is -0.113. The highest BCUT2D eigenvalue weighted by Crippen LogP contribution is 2.13. The largest absolute Gasteiger partial charge is 0.335 e. The zero-order valence-corrected chi connectivity index (χ0v) is 7.75. The van der Waals surface area contributed by atoms with Crippen LogP contribution in [0.1, 0.15) is 13.3 Å². The lowest BCUT2D eigenvalue weighted by molar-refractivity contribution is 0.219. The molecule has 12 heavy (non-hydrogen) atoms.